The third kappa shape index (κ3) is 4.41. The molecule has 6 N–H and O–H groups in total. The number of likely N-dealkylation sites (tertiary alicyclic amines) is 1. The van der Waals surface area contributed by atoms with Crippen LogP contribution in [0.5, 0.6) is 0 Å². The molecule has 0 spiro atoms. The van der Waals surface area contributed by atoms with Crippen molar-refractivity contribution in [2.75, 3.05) is 26.2 Å². The molecular formula is C15H25N5O2. The van der Waals surface area contributed by atoms with E-state index in [1.807, 2.05) is 36.6 Å². The average Bonchev–Trinajstić information content (AvgIpc) is 2.53. The Balaban J connectivity index is 1.75. The van der Waals surface area contributed by atoms with E-state index in [0.717, 1.165) is 25.2 Å². The van der Waals surface area contributed by atoms with Crippen LogP contribution in [0, 0.1) is 6.92 Å². The number of amides is 2. The van der Waals surface area contributed by atoms with Crippen LogP contribution in [0.1, 0.15) is 24.0 Å². The molecule has 1 heterocycles. The number of aliphatic hydroxyl groups is 1. The number of benzene rings is 1. The summed E-state index contributed by atoms with van der Waals surface area (Å²) in [5.74, 6) is 4.95. The van der Waals surface area contributed by atoms with E-state index in [9.17, 15) is 9.90 Å². The summed E-state index contributed by atoms with van der Waals surface area (Å²) >= 11 is 0. The van der Waals surface area contributed by atoms with Crippen molar-refractivity contribution in [2.24, 2.45) is 5.84 Å². The summed E-state index contributed by atoms with van der Waals surface area (Å²) in [7, 11) is 0. The third-order valence-electron chi connectivity index (χ3n) is 4.16. The van der Waals surface area contributed by atoms with Crippen LogP contribution in [-0.2, 0) is 5.60 Å². The number of carbonyl (C=O) groups is 1. The molecule has 0 aliphatic carbocycles. The predicted octanol–water partition coefficient (Wildman–Crippen LogP) is -0.0441. The van der Waals surface area contributed by atoms with Crippen LogP contribution in [0.25, 0.3) is 0 Å². The first-order valence-corrected chi connectivity index (χ1v) is 7.55. The summed E-state index contributed by atoms with van der Waals surface area (Å²) in [4.78, 5) is 13.1. The molecule has 7 nitrogen and oxygen atoms in total. The van der Waals surface area contributed by atoms with Crippen molar-refractivity contribution in [2.45, 2.75) is 25.4 Å². The first-order valence-electron chi connectivity index (χ1n) is 7.55. The Kier molecular flexibility index (Phi) is 5.73. The fourth-order valence-electron chi connectivity index (χ4n) is 2.69. The Bertz CT molecular complexity index is 483. The van der Waals surface area contributed by atoms with Crippen molar-refractivity contribution in [1.82, 2.24) is 21.2 Å². The first kappa shape index (κ1) is 16.7. The van der Waals surface area contributed by atoms with Crippen LogP contribution in [0.3, 0.4) is 0 Å². The van der Waals surface area contributed by atoms with Gasteiger partial charge in [0.15, 0.2) is 0 Å². The Morgan fingerprint density at radius 2 is 1.95 bits per heavy atom. The minimum atomic E-state index is -0.727. The first-order chi connectivity index (χ1) is 10.5. The van der Waals surface area contributed by atoms with Crippen molar-refractivity contribution >= 4 is 6.03 Å². The molecule has 1 aromatic rings. The summed E-state index contributed by atoms with van der Waals surface area (Å²) in [6, 6.07) is 7.65. The second kappa shape index (κ2) is 7.55. The van der Waals surface area contributed by atoms with E-state index in [1.54, 1.807) is 0 Å². The van der Waals surface area contributed by atoms with Crippen LogP contribution in [-0.4, -0.2) is 42.2 Å². The van der Waals surface area contributed by atoms with E-state index in [4.69, 9.17) is 5.84 Å². The summed E-state index contributed by atoms with van der Waals surface area (Å²) in [6.07, 6.45) is 1.43. The zero-order valence-corrected chi connectivity index (χ0v) is 12.9. The lowest BCUT2D eigenvalue weighted by Gasteiger charge is -2.38. The van der Waals surface area contributed by atoms with Crippen molar-refractivity contribution in [3.8, 4) is 0 Å². The molecule has 7 heteroatoms. The van der Waals surface area contributed by atoms with Gasteiger partial charge < -0.3 is 10.0 Å². The van der Waals surface area contributed by atoms with Gasteiger partial charge in [0.2, 0.25) is 0 Å². The molecular weight excluding hydrogens is 282 g/mol. The molecule has 1 aliphatic heterocycles. The number of aryl methyl sites for hydroxylation is 1. The van der Waals surface area contributed by atoms with Gasteiger partial charge in [-0.05, 0) is 25.3 Å². The Morgan fingerprint density at radius 3 is 2.55 bits per heavy atom. The van der Waals surface area contributed by atoms with Gasteiger partial charge in [0.25, 0.3) is 0 Å². The van der Waals surface area contributed by atoms with Gasteiger partial charge in [0.05, 0.1) is 5.60 Å². The highest BCUT2D eigenvalue weighted by atomic mass is 16.3. The summed E-state index contributed by atoms with van der Waals surface area (Å²) < 4.78 is 0. The maximum Gasteiger partial charge on any atom is 0.343 e. The fraction of sp³-hybridized carbons (Fsp3) is 0.533. The number of rotatable bonds is 5. The number of hydrazine groups is 2. The third-order valence-corrected chi connectivity index (χ3v) is 4.16. The SMILES string of the molecule is Cc1ccc(C2(O)CCN(CCNNC(=O)NN)CC2)cc1. The standard InChI is InChI=1S/C15H25N5O2/c1-12-2-4-13(5-3-12)15(22)6-9-20(10-7-15)11-8-17-19-14(21)18-16/h2-5,17,22H,6-11,16H2,1H3,(H2,18,19,21). The largest absolute Gasteiger partial charge is 0.385 e. The zero-order chi connectivity index (χ0) is 16.0. The highest BCUT2D eigenvalue weighted by Crippen LogP contribution is 2.32. The number of urea groups is 1. The van der Waals surface area contributed by atoms with E-state index in [1.165, 1.54) is 5.56 Å². The lowest BCUT2D eigenvalue weighted by Crippen LogP contribution is -2.50. The summed E-state index contributed by atoms with van der Waals surface area (Å²) in [5.41, 5.74) is 8.66. The Hall–Kier alpha value is -1.67. The zero-order valence-electron chi connectivity index (χ0n) is 12.9. The quantitative estimate of drug-likeness (QED) is 0.227. The Morgan fingerprint density at radius 1 is 1.32 bits per heavy atom. The average molecular weight is 307 g/mol. The van der Waals surface area contributed by atoms with Gasteiger partial charge in [0.1, 0.15) is 0 Å². The number of carbonyl (C=O) groups excluding carboxylic acids is 1. The van der Waals surface area contributed by atoms with Crippen LogP contribution in [0.2, 0.25) is 0 Å². The number of piperidine rings is 1. The van der Waals surface area contributed by atoms with Gasteiger partial charge in [0, 0.05) is 26.2 Å². The van der Waals surface area contributed by atoms with Crippen molar-refractivity contribution in [1.29, 1.82) is 0 Å². The molecule has 1 aliphatic rings. The molecule has 122 valence electrons. The molecule has 0 saturated carbocycles. The molecule has 0 unspecified atom stereocenters. The van der Waals surface area contributed by atoms with Gasteiger partial charge >= 0.3 is 6.03 Å². The maximum absolute atomic E-state index is 10.9. The van der Waals surface area contributed by atoms with E-state index in [0.29, 0.717) is 19.4 Å². The summed E-state index contributed by atoms with van der Waals surface area (Å²) in [5, 5.41) is 10.8. The van der Waals surface area contributed by atoms with E-state index >= 15 is 0 Å². The van der Waals surface area contributed by atoms with Crippen LogP contribution in [0.15, 0.2) is 24.3 Å². The highest BCUT2D eigenvalue weighted by Gasteiger charge is 2.33. The number of hydrogen-bond acceptors (Lipinski definition) is 5. The minimum absolute atomic E-state index is 0.465. The van der Waals surface area contributed by atoms with Crippen molar-refractivity contribution in [3.05, 3.63) is 35.4 Å². The molecule has 1 fully saturated rings. The van der Waals surface area contributed by atoms with Crippen LogP contribution < -0.4 is 22.1 Å². The van der Waals surface area contributed by atoms with E-state index in [2.05, 4.69) is 15.8 Å². The predicted molar refractivity (Wildman–Crippen MR) is 84.6 cm³/mol. The second-order valence-electron chi connectivity index (χ2n) is 5.76. The highest BCUT2D eigenvalue weighted by molar-refractivity contribution is 5.72. The lowest BCUT2D eigenvalue weighted by atomic mass is 9.84. The topological polar surface area (TPSA) is 103 Å². The monoisotopic (exact) mass is 307 g/mol. The van der Waals surface area contributed by atoms with E-state index in [-0.39, 0.29) is 0 Å². The summed E-state index contributed by atoms with van der Waals surface area (Å²) in [6.45, 7) is 5.12. The molecule has 0 aromatic heterocycles. The van der Waals surface area contributed by atoms with Gasteiger partial charge in [-0.1, -0.05) is 29.8 Å². The molecule has 2 amide bonds. The number of nitrogens with two attached hydrogens (primary N) is 1. The maximum atomic E-state index is 10.9. The molecule has 2 rings (SSSR count). The molecule has 22 heavy (non-hydrogen) atoms. The molecule has 1 aromatic carbocycles. The molecule has 0 atom stereocenters. The Labute approximate surface area is 130 Å². The van der Waals surface area contributed by atoms with Gasteiger partial charge in [-0.25, -0.2) is 16.1 Å². The fourth-order valence-corrected chi connectivity index (χ4v) is 2.69. The van der Waals surface area contributed by atoms with Crippen LogP contribution >= 0.6 is 0 Å². The lowest BCUT2D eigenvalue weighted by molar-refractivity contribution is -0.0256. The van der Waals surface area contributed by atoms with Gasteiger partial charge in [-0.3, -0.25) is 10.9 Å². The smallest absolute Gasteiger partial charge is 0.343 e. The minimum Gasteiger partial charge on any atom is -0.385 e. The molecule has 0 radical (unpaired) electrons. The van der Waals surface area contributed by atoms with E-state index < -0.39 is 11.6 Å². The van der Waals surface area contributed by atoms with Crippen molar-refractivity contribution in [3.63, 3.8) is 0 Å². The van der Waals surface area contributed by atoms with Crippen LogP contribution in [0.4, 0.5) is 4.79 Å². The number of nitrogens with zero attached hydrogens (tertiary/aromatic N) is 1. The van der Waals surface area contributed by atoms with Gasteiger partial charge in [-0.15, -0.1) is 0 Å². The molecule has 1 saturated heterocycles. The number of hydrogen-bond donors (Lipinski definition) is 5. The normalized spacial score (nSPS) is 18.0. The second-order valence-corrected chi connectivity index (χ2v) is 5.76. The van der Waals surface area contributed by atoms with Crippen molar-refractivity contribution < 1.29 is 9.90 Å². The molecule has 0 bridgehead atoms. The van der Waals surface area contributed by atoms with Gasteiger partial charge in [-0.2, -0.15) is 0 Å². The number of nitrogens with one attached hydrogen (secondary N) is 3.